The van der Waals surface area contributed by atoms with Gasteiger partial charge in [-0.3, -0.25) is 4.98 Å². The highest BCUT2D eigenvalue weighted by Gasteiger charge is 2.22. The van der Waals surface area contributed by atoms with Crippen LogP contribution in [0.1, 0.15) is 22.1 Å². The van der Waals surface area contributed by atoms with E-state index < -0.39 is 23.5 Å². The highest BCUT2D eigenvalue weighted by Crippen LogP contribution is 2.33. The Bertz CT molecular complexity index is 944. The van der Waals surface area contributed by atoms with E-state index in [0.29, 0.717) is 16.0 Å². The third-order valence-corrected chi connectivity index (χ3v) is 5.05. The van der Waals surface area contributed by atoms with Crippen molar-refractivity contribution in [2.45, 2.75) is 12.5 Å². The summed E-state index contributed by atoms with van der Waals surface area (Å²) in [5.74, 6) is -2.11. The molecule has 0 saturated carbocycles. The number of nitrogens with zero attached hydrogens (tertiary/aromatic N) is 1. The van der Waals surface area contributed by atoms with Crippen LogP contribution in [0, 0.1) is 11.6 Å². The molecule has 0 spiro atoms. The van der Waals surface area contributed by atoms with E-state index in [1.165, 1.54) is 17.5 Å². The van der Waals surface area contributed by atoms with Crippen molar-refractivity contribution in [1.29, 1.82) is 0 Å². The van der Waals surface area contributed by atoms with Gasteiger partial charge >= 0.3 is 0 Å². The molecule has 0 aliphatic heterocycles. The van der Waals surface area contributed by atoms with E-state index in [9.17, 15) is 19.0 Å². The second-order valence-electron chi connectivity index (χ2n) is 5.57. The lowest BCUT2D eigenvalue weighted by Gasteiger charge is -2.17. The molecule has 3 rings (SSSR count). The number of benzene rings is 1. The van der Waals surface area contributed by atoms with Gasteiger partial charge in [0.05, 0.1) is 9.90 Å². The van der Waals surface area contributed by atoms with Crippen molar-refractivity contribution in [3.05, 3.63) is 92.4 Å². The lowest BCUT2D eigenvalue weighted by molar-refractivity contribution is 0.210. The molecule has 3 aromatic rings. The second-order valence-corrected chi connectivity index (χ2v) is 7.37. The molecular weight excluding hydrogens is 380 g/mol. The molecule has 1 aromatic carbocycles. The molecule has 0 amide bonds. The van der Waals surface area contributed by atoms with Crippen molar-refractivity contribution >= 4 is 28.7 Å². The van der Waals surface area contributed by atoms with Crippen LogP contribution in [-0.2, 0) is 6.42 Å². The summed E-state index contributed by atoms with van der Waals surface area (Å²) in [6, 6.07) is 9.62. The van der Waals surface area contributed by atoms with E-state index in [1.807, 2.05) is 0 Å². The third kappa shape index (κ3) is 4.09. The number of thiophene rings is 1. The van der Waals surface area contributed by atoms with Crippen molar-refractivity contribution in [1.82, 2.24) is 4.98 Å². The minimum absolute atomic E-state index is 0.149. The topological polar surface area (TPSA) is 53.4 Å². The van der Waals surface area contributed by atoms with Crippen LogP contribution in [0.15, 0.2) is 60.4 Å². The molecule has 1 unspecified atom stereocenters. The highest BCUT2D eigenvalue weighted by atomic mass is 35.5. The smallest absolute Gasteiger partial charge is 0.137 e. The van der Waals surface area contributed by atoms with Crippen LogP contribution >= 0.6 is 22.9 Å². The van der Waals surface area contributed by atoms with Crippen molar-refractivity contribution in [2.75, 3.05) is 0 Å². The molecule has 3 nitrogen and oxygen atoms in total. The van der Waals surface area contributed by atoms with Gasteiger partial charge in [0.25, 0.3) is 0 Å². The quantitative estimate of drug-likeness (QED) is 0.577. The molecule has 1 atom stereocenters. The minimum Gasteiger partial charge on any atom is -0.507 e. The first-order valence-electron chi connectivity index (χ1n) is 7.65. The Kier molecular flexibility index (Phi) is 5.66. The van der Waals surface area contributed by atoms with Gasteiger partial charge < -0.3 is 10.2 Å². The highest BCUT2D eigenvalue weighted by molar-refractivity contribution is 7.16. The Balaban J connectivity index is 2.09. The molecule has 7 heteroatoms. The van der Waals surface area contributed by atoms with Gasteiger partial charge in [-0.05, 0) is 30.3 Å². The van der Waals surface area contributed by atoms with E-state index >= 15 is 0 Å². The lowest BCUT2D eigenvalue weighted by atomic mass is 9.95. The first-order chi connectivity index (χ1) is 12.5. The molecule has 0 aliphatic carbocycles. The number of aliphatic hydroxyl groups excluding tert-OH is 2. The third-order valence-electron chi connectivity index (χ3n) is 3.81. The predicted molar refractivity (Wildman–Crippen MR) is 98.1 cm³/mol. The Morgan fingerprint density at radius 2 is 2.00 bits per heavy atom. The summed E-state index contributed by atoms with van der Waals surface area (Å²) in [7, 11) is 0. The van der Waals surface area contributed by atoms with Crippen LogP contribution in [0.3, 0.4) is 0 Å². The van der Waals surface area contributed by atoms with Crippen LogP contribution in [0.5, 0.6) is 0 Å². The zero-order chi connectivity index (χ0) is 18.7. The van der Waals surface area contributed by atoms with Gasteiger partial charge in [-0.2, -0.15) is 0 Å². The average Bonchev–Trinajstić information content (AvgIpc) is 3.04. The molecule has 2 heterocycles. The molecule has 0 saturated heterocycles. The van der Waals surface area contributed by atoms with Crippen LogP contribution in [0.4, 0.5) is 8.78 Å². The Labute approximate surface area is 157 Å². The largest absolute Gasteiger partial charge is 0.507 e. The standard InChI is InChI=1S/C19H14ClF2NO2S/c20-17-6-4-13(26-17)9-15(18(24)11-2-1-7-23-10-11)19(25)14-5-3-12(21)8-16(14)22/h1-8,10,18,24-25H,9H2/b19-15+. The maximum Gasteiger partial charge on any atom is 0.137 e. The van der Waals surface area contributed by atoms with Gasteiger partial charge in [0.15, 0.2) is 0 Å². The van der Waals surface area contributed by atoms with Gasteiger partial charge in [0.1, 0.15) is 23.5 Å². The molecule has 0 aliphatic rings. The van der Waals surface area contributed by atoms with E-state index in [-0.39, 0.29) is 17.6 Å². The van der Waals surface area contributed by atoms with Crippen molar-refractivity contribution < 1.29 is 19.0 Å². The lowest BCUT2D eigenvalue weighted by Crippen LogP contribution is -2.08. The SMILES string of the molecule is O/C(=C(\Cc1ccc(Cl)s1)C(O)c1cccnc1)c1ccc(F)cc1F. The average molecular weight is 394 g/mol. The number of aliphatic hydroxyl groups is 2. The van der Waals surface area contributed by atoms with Gasteiger partial charge in [0, 0.05) is 40.9 Å². The van der Waals surface area contributed by atoms with Crippen LogP contribution in [0.2, 0.25) is 4.34 Å². The Morgan fingerprint density at radius 1 is 1.19 bits per heavy atom. The maximum atomic E-state index is 14.1. The summed E-state index contributed by atoms with van der Waals surface area (Å²) in [5, 5.41) is 21.4. The first-order valence-corrected chi connectivity index (χ1v) is 8.85. The van der Waals surface area contributed by atoms with Crippen LogP contribution in [-0.4, -0.2) is 15.2 Å². The number of hydrogen-bond donors (Lipinski definition) is 2. The zero-order valence-electron chi connectivity index (χ0n) is 13.4. The fourth-order valence-corrected chi connectivity index (χ4v) is 3.65. The van der Waals surface area contributed by atoms with Gasteiger partial charge in [-0.15, -0.1) is 11.3 Å². The van der Waals surface area contributed by atoms with E-state index in [0.717, 1.165) is 17.0 Å². The van der Waals surface area contributed by atoms with Crippen LogP contribution in [0.25, 0.3) is 5.76 Å². The second kappa shape index (κ2) is 7.95. The predicted octanol–water partition coefficient (Wildman–Crippen LogP) is 5.32. The molecule has 2 aromatic heterocycles. The molecule has 0 bridgehead atoms. The fourth-order valence-electron chi connectivity index (χ4n) is 2.54. The minimum atomic E-state index is -1.21. The number of hydrogen-bond acceptors (Lipinski definition) is 4. The normalized spacial score (nSPS) is 13.4. The first kappa shape index (κ1) is 18.5. The van der Waals surface area contributed by atoms with Crippen LogP contribution < -0.4 is 0 Å². The van der Waals surface area contributed by atoms with E-state index in [2.05, 4.69) is 4.98 Å². The molecule has 0 radical (unpaired) electrons. The summed E-state index contributed by atoms with van der Waals surface area (Å²) >= 11 is 7.23. The Morgan fingerprint density at radius 3 is 2.62 bits per heavy atom. The molecule has 134 valence electrons. The van der Waals surface area contributed by atoms with Gasteiger partial charge in [0.2, 0.25) is 0 Å². The van der Waals surface area contributed by atoms with Crippen molar-refractivity contribution in [2.24, 2.45) is 0 Å². The summed E-state index contributed by atoms with van der Waals surface area (Å²) in [6.07, 6.45) is 1.95. The number of halogens is 3. The molecule has 2 N–H and O–H groups in total. The summed E-state index contributed by atoms with van der Waals surface area (Å²) in [5.41, 5.74) is 0.424. The number of aromatic nitrogens is 1. The monoisotopic (exact) mass is 393 g/mol. The fraction of sp³-hybridized carbons (Fsp3) is 0.105. The van der Waals surface area contributed by atoms with Crippen molar-refractivity contribution in [3.8, 4) is 0 Å². The number of rotatable bonds is 5. The van der Waals surface area contributed by atoms with Gasteiger partial charge in [-0.25, -0.2) is 8.78 Å². The summed E-state index contributed by atoms with van der Waals surface area (Å²) in [4.78, 5) is 4.73. The molecule has 26 heavy (non-hydrogen) atoms. The zero-order valence-corrected chi connectivity index (χ0v) is 14.9. The Hall–Kier alpha value is -2.28. The maximum absolute atomic E-state index is 14.1. The summed E-state index contributed by atoms with van der Waals surface area (Å²) < 4.78 is 27.9. The molecule has 0 fully saturated rings. The van der Waals surface area contributed by atoms with E-state index in [1.54, 1.807) is 30.5 Å². The number of pyridine rings is 1. The van der Waals surface area contributed by atoms with E-state index in [4.69, 9.17) is 11.6 Å². The van der Waals surface area contributed by atoms with Crippen molar-refractivity contribution in [3.63, 3.8) is 0 Å². The molecular formula is C19H14ClF2NO2S. The van der Waals surface area contributed by atoms with Gasteiger partial charge in [-0.1, -0.05) is 17.7 Å². The summed E-state index contributed by atoms with van der Waals surface area (Å²) in [6.45, 7) is 0.